The van der Waals surface area contributed by atoms with E-state index in [2.05, 4.69) is 0 Å². The molecule has 1 atom stereocenters. The highest BCUT2D eigenvalue weighted by atomic mass is 32.2. The van der Waals surface area contributed by atoms with Gasteiger partial charge in [-0.25, -0.2) is 8.42 Å². The molecule has 1 aromatic carbocycles. The van der Waals surface area contributed by atoms with Gasteiger partial charge in [-0.1, -0.05) is 12.1 Å². The Bertz CT molecular complexity index is 523. The first kappa shape index (κ1) is 13.4. The zero-order chi connectivity index (χ0) is 13.3. The molecule has 0 aliphatic heterocycles. The van der Waals surface area contributed by atoms with Gasteiger partial charge in [0.05, 0.1) is 7.11 Å². The molecular formula is C13H19NO3S. The van der Waals surface area contributed by atoms with Crippen LogP contribution in [0.1, 0.15) is 19.8 Å². The second kappa shape index (κ2) is 4.90. The largest absolute Gasteiger partial charge is 0.495 e. The van der Waals surface area contributed by atoms with E-state index in [1.54, 1.807) is 31.3 Å². The number of hydrogen-bond acceptors (Lipinski definition) is 3. The lowest BCUT2D eigenvalue weighted by atomic mass is 10.2. The third-order valence-corrected chi connectivity index (χ3v) is 5.59. The highest BCUT2D eigenvalue weighted by Crippen LogP contribution is 2.37. The SMILES string of the molecule is COc1ccccc1S(=O)(=O)N(C)C(C)C1CC1. The number of rotatable bonds is 5. The number of sulfonamides is 1. The van der Waals surface area contributed by atoms with Crippen molar-refractivity contribution in [1.29, 1.82) is 0 Å². The summed E-state index contributed by atoms with van der Waals surface area (Å²) in [7, 11) is -0.349. The van der Waals surface area contributed by atoms with Gasteiger partial charge in [0, 0.05) is 13.1 Å². The first-order valence-corrected chi connectivity index (χ1v) is 7.53. The molecule has 0 saturated heterocycles. The van der Waals surface area contributed by atoms with E-state index >= 15 is 0 Å². The van der Waals surface area contributed by atoms with Crippen LogP contribution in [0.5, 0.6) is 5.75 Å². The van der Waals surface area contributed by atoms with Crippen molar-refractivity contribution in [3.8, 4) is 5.75 Å². The van der Waals surface area contributed by atoms with Crippen molar-refractivity contribution in [3.05, 3.63) is 24.3 Å². The van der Waals surface area contributed by atoms with E-state index < -0.39 is 10.0 Å². The minimum atomic E-state index is -3.48. The molecule has 1 aromatic rings. The van der Waals surface area contributed by atoms with Crippen molar-refractivity contribution >= 4 is 10.0 Å². The second-order valence-electron chi connectivity index (χ2n) is 4.75. The number of benzene rings is 1. The Morgan fingerprint density at radius 2 is 1.94 bits per heavy atom. The molecular weight excluding hydrogens is 250 g/mol. The second-order valence-corrected chi connectivity index (χ2v) is 6.72. The number of methoxy groups -OCH3 is 1. The first-order chi connectivity index (χ1) is 8.48. The summed E-state index contributed by atoms with van der Waals surface area (Å²) < 4.78 is 31.7. The molecule has 1 saturated carbocycles. The van der Waals surface area contributed by atoms with Crippen molar-refractivity contribution < 1.29 is 13.2 Å². The standard InChI is InChI=1S/C13H19NO3S/c1-10(11-8-9-11)14(2)18(15,16)13-7-5-4-6-12(13)17-3/h4-7,10-11H,8-9H2,1-3H3. The van der Waals surface area contributed by atoms with E-state index in [1.165, 1.54) is 11.4 Å². The van der Waals surface area contributed by atoms with Crippen LogP contribution in [0.15, 0.2) is 29.2 Å². The normalized spacial score (nSPS) is 17.8. The summed E-state index contributed by atoms with van der Waals surface area (Å²) in [6, 6.07) is 6.78. The lowest BCUT2D eigenvalue weighted by molar-refractivity contribution is 0.352. The summed E-state index contributed by atoms with van der Waals surface area (Å²) in [4.78, 5) is 0.238. The van der Waals surface area contributed by atoms with Gasteiger partial charge in [-0.3, -0.25) is 0 Å². The van der Waals surface area contributed by atoms with Gasteiger partial charge in [-0.2, -0.15) is 4.31 Å². The topological polar surface area (TPSA) is 46.6 Å². The van der Waals surface area contributed by atoms with Gasteiger partial charge in [-0.15, -0.1) is 0 Å². The molecule has 0 amide bonds. The Labute approximate surface area is 109 Å². The molecule has 2 rings (SSSR count). The Hall–Kier alpha value is -1.07. The van der Waals surface area contributed by atoms with Crippen molar-refractivity contribution in [3.63, 3.8) is 0 Å². The van der Waals surface area contributed by atoms with Crippen LogP contribution in [0, 0.1) is 5.92 Å². The average Bonchev–Trinajstić information content (AvgIpc) is 3.21. The van der Waals surface area contributed by atoms with Crippen LogP contribution in [-0.2, 0) is 10.0 Å². The fourth-order valence-corrected chi connectivity index (χ4v) is 3.66. The predicted octanol–water partition coefficient (Wildman–Crippen LogP) is 2.11. The molecule has 18 heavy (non-hydrogen) atoms. The minimum Gasteiger partial charge on any atom is -0.495 e. The summed E-state index contributed by atoms with van der Waals surface area (Å²) in [5.41, 5.74) is 0. The summed E-state index contributed by atoms with van der Waals surface area (Å²) in [5.74, 6) is 0.895. The molecule has 0 spiro atoms. The van der Waals surface area contributed by atoms with E-state index in [1.807, 2.05) is 6.92 Å². The van der Waals surface area contributed by atoms with Crippen LogP contribution in [0.3, 0.4) is 0 Å². The van der Waals surface area contributed by atoms with Crippen LogP contribution in [0.4, 0.5) is 0 Å². The molecule has 0 heterocycles. The van der Waals surface area contributed by atoms with Crippen molar-refractivity contribution in [2.75, 3.05) is 14.2 Å². The van der Waals surface area contributed by atoms with Gasteiger partial charge in [0.1, 0.15) is 10.6 Å². The quantitative estimate of drug-likeness (QED) is 0.822. The highest BCUT2D eigenvalue weighted by molar-refractivity contribution is 7.89. The highest BCUT2D eigenvalue weighted by Gasteiger charge is 2.36. The van der Waals surface area contributed by atoms with E-state index in [9.17, 15) is 8.42 Å². The molecule has 5 heteroatoms. The molecule has 0 radical (unpaired) electrons. The minimum absolute atomic E-state index is 0.0416. The fraction of sp³-hybridized carbons (Fsp3) is 0.538. The van der Waals surface area contributed by atoms with Crippen LogP contribution in [0.2, 0.25) is 0 Å². The maximum Gasteiger partial charge on any atom is 0.246 e. The molecule has 1 aliphatic rings. The van der Waals surface area contributed by atoms with Crippen molar-refractivity contribution in [2.24, 2.45) is 5.92 Å². The third-order valence-electron chi connectivity index (χ3n) is 3.60. The Morgan fingerprint density at radius 3 is 2.50 bits per heavy atom. The summed E-state index contributed by atoms with van der Waals surface area (Å²) in [6.45, 7) is 1.96. The van der Waals surface area contributed by atoms with E-state index in [0.29, 0.717) is 11.7 Å². The summed E-state index contributed by atoms with van der Waals surface area (Å²) >= 11 is 0. The average molecular weight is 269 g/mol. The maximum absolute atomic E-state index is 12.5. The summed E-state index contributed by atoms with van der Waals surface area (Å²) in [5, 5.41) is 0. The van der Waals surface area contributed by atoms with Crippen LogP contribution < -0.4 is 4.74 Å². The summed E-state index contributed by atoms with van der Waals surface area (Å²) in [6.07, 6.45) is 2.24. The number of nitrogens with zero attached hydrogens (tertiary/aromatic N) is 1. The van der Waals surface area contributed by atoms with E-state index in [0.717, 1.165) is 12.8 Å². The van der Waals surface area contributed by atoms with Crippen molar-refractivity contribution in [1.82, 2.24) is 4.31 Å². The van der Waals surface area contributed by atoms with Gasteiger partial charge in [0.25, 0.3) is 0 Å². The monoisotopic (exact) mass is 269 g/mol. The molecule has 1 unspecified atom stereocenters. The van der Waals surface area contributed by atoms with Crippen molar-refractivity contribution in [2.45, 2.75) is 30.7 Å². The molecule has 0 bridgehead atoms. The fourth-order valence-electron chi connectivity index (χ4n) is 2.08. The van der Waals surface area contributed by atoms with Gasteiger partial charge in [0.2, 0.25) is 10.0 Å². The smallest absolute Gasteiger partial charge is 0.246 e. The number of para-hydroxylation sites is 1. The number of ether oxygens (including phenoxy) is 1. The number of hydrogen-bond donors (Lipinski definition) is 0. The van der Waals surface area contributed by atoms with Gasteiger partial charge >= 0.3 is 0 Å². The maximum atomic E-state index is 12.5. The molecule has 0 aromatic heterocycles. The predicted molar refractivity (Wildman–Crippen MR) is 70.1 cm³/mol. The Balaban J connectivity index is 2.34. The lowest BCUT2D eigenvalue weighted by Gasteiger charge is -2.24. The molecule has 0 N–H and O–H groups in total. The van der Waals surface area contributed by atoms with Gasteiger partial charge < -0.3 is 4.74 Å². The van der Waals surface area contributed by atoms with Crippen LogP contribution in [-0.4, -0.2) is 32.9 Å². The molecule has 100 valence electrons. The Morgan fingerprint density at radius 1 is 1.33 bits per heavy atom. The van der Waals surface area contributed by atoms with Gasteiger partial charge in [0.15, 0.2) is 0 Å². The van der Waals surface area contributed by atoms with Gasteiger partial charge in [-0.05, 0) is 37.8 Å². The third kappa shape index (κ3) is 2.37. The lowest BCUT2D eigenvalue weighted by Crippen LogP contribution is -2.36. The van der Waals surface area contributed by atoms with E-state index in [-0.39, 0.29) is 10.9 Å². The van der Waals surface area contributed by atoms with Crippen LogP contribution in [0.25, 0.3) is 0 Å². The Kier molecular flexibility index (Phi) is 3.64. The first-order valence-electron chi connectivity index (χ1n) is 6.09. The van der Waals surface area contributed by atoms with Crippen LogP contribution >= 0.6 is 0 Å². The molecule has 1 aliphatic carbocycles. The van der Waals surface area contributed by atoms with E-state index in [4.69, 9.17) is 4.74 Å². The zero-order valence-corrected chi connectivity index (χ0v) is 11.8. The molecule has 1 fully saturated rings. The zero-order valence-electron chi connectivity index (χ0n) is 11.0. The molecule has 4 nitrogen and oxygen atoms in total.